The summed E-state index contributed by atoms with van der Waals surface area (Å²) >= 11 is 2.17. The highest BCUT2D eigenvalue weighted by molar-refractivity contribution is 14.1. The van der Waals surface area contributed by atoms with Crippen LogP contribution in [0.4, 0.5) is 11.6 Å². The van der Waals surface area contributed by atoms with Gasteiger partial charge in [0.2, 0.25) is 5.95 Å². The Hall–Kier alpha value is -2.69. The van der Waals surface area contributed by atoms with E-state index in [4.69, 9.17) is 15.9 Å². The highest BCUT2D eigenvalue weighted by Gasteiger charge is 2.18. The smallest absolute Gasteiger partial charge is 0.222 e. The van der Waals surface area contributed by atoms with E-state index >= 15 is 0 Å². The van der Waals surface area contributed by atoms with Gasteiger partial charge in [-0.25, -0.2) is 9.67 Å². The van der Waals surface area contributed by atoms with E-state index in [1.165, 1.54) is 0 Å². The van der Waals surface area contributed by atoms with Gasteiger partial charge in [-0.3, -0.25) is 0 Å². The zero-order valence-corrected chi connectivity index (χ0v) is 15.4. The zero-order chi connectivity index (χ0) is 17.6. The third kappa shape index (κ3) is 2.90. The van der Waals surface area contributed by atoms with Crippen LogP contribution in [0, 0.1) is 10.5 Å². The average Bonchev–Trinajstić information content (AvgIpc) is 3.17. The summed E-state index contributed by atoms with van der Waals surface area (Å²) < 4.78 is 8.18. The summed E-state index contributed by atoms with van der Waals surface area (Å²) in [4.78, 5) is 8.57. The lowest BCUT2D eigenvalue weighted by molar-refractivity contribution is 0.579. The summed E-state index contributed by atoms with van der Waals surface area (Å²) in [6, 6.07) is 7.72. The fourth-order valence-corrected chi connectivity index (χ4v) is 3.01. The highest BCUT2D eigenvalue weighted by Crippen LogP contribution is 2.27. The molecule has 0 atom stereocenters. The van der Waals surface area contributed by atoms with Crippen LogP contribution < -0.4 is 11.5 Å². The molecule has 1 aromatic carbocycles. The largest absolute Gasteiger partial charge is 0.461 e. The van der Waals surface area contributed by atoms with Crippen molar-refractivity contribution >= 4 is 45.4 Å². The SMILES string of the molecule is Cc1cc(Cn2nnc3c(-c4cc(I)co4)nc(N)nc32)ccc1N. The van der Waals surface area contributed by atoms with E-state index in [1.54, 1.807) is 10.9 Å². The number of anilines is 2. The van der Waals surface area contributed by atoms with Crippen molar-refractivity contribution in [3.8, 4) is 11.5 Å². The molecule has 0 radical (unpaired) electrons. The number of nitrogen functional groups attached to an aromatic ring is 2. The molecule has 4 rings (SSSR count). The number of aromatic nitrogens is 5. The van der Waals surface area contributed by atoms with E-state index in [0.717, 1.165) is 20.4 Å². The van der Waals surface area contributed by atoms with Gasteiger partial charge in [-0.15, -0.1) is 5.10 Å². The van der Waals surface area contributed by atoms with Crippen LogP contribution in [0.15, 0.2) is 34.9 Å². The van der Waals surface area contributed by atoms with Crippen molar-refractivity contribution in [2.45, 2.75) is 13.5 Å². The highest BCUT2D eigenvalue weighted by atomic mass is 127. The van der Waals surface area contributed by atoms with Gasteiger partial charge in [0.25, 0.3) is 0 Å². The van der Waals surface area contributed by atoms with Crippen LogP contribution in [0.1, 0.15) is 11.1 Å². The molecular formula is C16H14IN7O. The number of aryl methyl sites for hydroxylation is 1. The molecule has 0 saturated heterocycles. The third-order valence-electron chi connectivity index (χ3n) is 3.85. The number of hydrogen-bond acceptors (Lipinski definition) is 7. The number of furan rings is 1. The van der Waals surface area contributed by atoms with E-state index in [2.05, 4.69) is 42.9 Å². The second-order valence-electron chi connectivity index (χ2n) is 5.67. The van der Waals surface area contributed by atoms with Crippen LogP contribution in [0.5, 0.6) is 0 Å². The van der Waals surface area contributed by atoms with Crippen LogP contribution in [0.3, 0.4) is 0 Å². The number of halogens is 1. The first-order chi connectivity index (χ1) is 12.0. The topological polar surface area (TPSA) is 122 Å². The molecule has 0 aliphatic rings. The van der Waals surface area contributed by atoms with Gasteiger partial charge >= 0.3 is 0 Å². The van der Waals surface area contributed by atoms with E-state index in [1.807, 2.05) is 31.2 Å². The van der Waals surface area contributed by atoms with Crippen molar-refractivity contribution in [1.29, 1.82) is 0 Å². The van der Waals surface area contributed by atoms with Crippen molar-refractivity contribution in [2.24, 2.45) is 0 Å². The molecule has 8 nitrogen and oxygen atoms in total. The van der Waals surface area contributed by atoms with Gasteiger partial charge in [0, 0.05) is 5.69 Å². The lowest BCUT2D eigenvalue weighted by atomic mass is 10.1. The summed E-state index contributed by atoms with van der Waals surface area (Å²) in [6.45, 7) is 2.47. The Morgan fingerprint density at radius 2 is 2.04 bits per heavy atom. The summed E-state index contributed by atoms with van der Waals surface area (Å²) in [5, 5.41) is 8.44. The van der Waals surface area contributed by atoms with Crippen molar-refractivity contribution in [1.82, 2.24) is 25.0 Å². The molecule has 4 aromatic rings. The van der Waals surface area contributed by atoms with Gasteiger partial charge in [0.15, 0.2) is 16.9 Å². The Labute approximate surface area is 156 Å². The normalized spacial score (nSPS) is 11.3. The second kappa shape index (κ2) is 5.99. The van der Waals surface area contributed by atoms with Crippen LogP contribution in [-0.2, 0) is 6.54 Å². The number of hydrogen-bond donors (Lipinski definition) is 2. The van der Waals surface area contributed by atoms with Crippen molar-refractivity contribution in [3.63, 3.8) is 0 Å². The van der Waals surface area contributed by atoms with Gasteiger partial charge < -0.3 is 15.9 Å². The monoisotopic (exact) mass is 447 g/mol. The Balaban J connectivity index is 1.81. The summed E-state index contributed by atoms with van der Waals surface area (Å²) in [5.74, 6) is 0.727. The molecule has 0 amide bonds. The first kappa shape index (κ1) is 15.8. The number of nitrogens with zero attached hydrogens (tertiary/aromatic N) is 5. The average molecular weight is 447 g/mol. The van der Waals surface area contributed by atoms with E-state index in [9.17, 15) is 0 Å². The maximum atomic E-state index is 5.88. The number of rotatable bonds is 3. The minimum atomic E-state index is 0.144. The minimum absolute atomic E-state index is 0.144. The van der Waals surface area contributed by atoms with E-state index in [-0.39, 0.29) is 5.95 Å². The molecule has 0 aliphatic heterocycles. The molecule has 9 heteroatoms. The maximum Gasteiger partial charge on any atom is 0.222 e. The Bertz CT molecular complexity index is 1090. The van der Waals surface area contributed by atoms with Gasteiger partial charge in [-0.2, -0.15) is 4.98 Å². The second-order valence-corrected chi connectivity index (χ2v) is 6.92. The molecule has 0 fully saturated rings. The molecule has 0 aliphatic carbocycles. The Kier molecular flexibility index (Phi) is 3.79. The predicted octanol–water partition coefficient (Wildman–Crippen LogP) is 2.61. The molecule has 25 heavy (non-hydrogen) atoms. The van der Waals surface area contributed by atoms with Crippen LogP contribution in [-0.4, -0.2) is 25.0 Å². The fourth-order valence-electron chi connectivity index (χ4n) is 2.60. The first-order valence-corrected chi connectivity index (χ1v) is 8.55. The molecule has 0 unspecified atom stereocenters. The standard InChI is InChI=1S/C16H14IN7O/c1-8-4-9(2-3-11(8)18)6-24-15-14(22-23-24)13(20-16(19)21-15)12-5-10(17)7-25-12/h2-5,7H,6,18H2,1H3,(H2,19,20,21). The maximum absolute atomic E-state index is 5.88. The van der Waals surface area contributed by atoms with Crippen molar-refractivity contribution in [3.05, 3.63) is 45.2 Å². The summed E-state index contributed by atoms with van der Waals surface area (Å²) in [6.07, 6.45) is 1.64. The minimum Gasteiger partial charge on any atom is -0.461 e. The molecule has 0 bridgehead atoms. The number of benzene rings is 1. The molecule has 0 saturated carbocycles. The first-order valence-electron chi connectivity index (χ1n) is 7.47. The quantitative estimate of drug-likeness (QED) is 0.366. The van der Waals surface area contributed by atoms with Crippen molar-refractivity contribution in [2.75, 3.05) is 11.5 Å². The lowest BCUT2D eigenvalue weighted by Crippen LogP contribution is -2.05. The van der Waals surface area contributed by atoms with E-state index < -0.39 is 0 Å². The third-order valence-corrected chi connectivity index (χ3v) is 4.41. The summed E-state index contributed by atoms with van der Waals surface area (Å²) in [5.41, 5.74) is 16.2. The van der Waals surface area contributed by atoms with Crippen molar-refractivity contribution < 1.29 is 4.42 Å². The van der Waals surface area contributed by atoms with Crippen LogP contribution in [0.2, 0.25) is 0 Å². The summed E-state index contributed by atoms with van der Waals surface area (Å²) in [7, 11) is 0. The van der Waals surface area contributed by atoms with Gasteiger partial charge in [-0.05, 0) is 52.8 Å². The Morgan fingerprint density at radius 1 is 1.20 bits per heavy atom. The predicted molar refractivity (Wildman–Crippen MR) is 103 cm³/mol. The molecule has 4 N–H and O–H groups in total. The molecule has 126 valence electrons. The van der Waals surface area contributed by atoms with Crippen LogP contribution >= 0.6 is 22.6 Å². The van der Waals surface area contributed by atoms with Gasteiger partial charge in [-0.1, -0.05) is 17.3 Å². The Morgan fingerprint density at radius 3 is 2.76 bits per heavy atom. The molecule has 0 spiro atoms. The number of fused-ring (bicyclic) bond motifs is 1. The van der Waals surface area contributed by atoms with E-state index in [0.29, 0.717) is 29.2 Å². The molecular weight excluding hydrogens is 433 g/mol. The fraction of sp³-hybridized carbons (Fsp3) is 0.125. The van der Waals surface area contributed by atoms with Crippen LogP contribution in [0.25, 0.3) is 22.6 Å². The lowest BCUT2D eigenvalue weighted by Gasteiger charge is -2.06. The molecule has 3 aromatic heterocycles. The zero-order valence-electron chi connectivity index (χ0n) is 13.3. The number of nitrogens with two attached hydrogens (primary N) is 2. The van der Waals surface area contributed by atoms with Gasteiger partial charge in [0.05, 0.1) is 10.1 Å². The van der Waals surface area contributed by atoms with Gasteiger partial charge in [0.1, 0.15) is 12.0 Å². The molecule has 3 heterocycles.